The molecule has 0 aliphatic carbocycles. The molecule has 0 atom stereocenters. The van der Waals surface area contributed by atoms with Crippen molar-refractivity contribution in [3.05, 3.63) is 66.1 Å². The van der Waals surface area contributed by atoms with Crippen LogP contribution in [0.5, 0.6) is 0 Å². The van der Waals surface area contributed by atoms with E-state index in [1.54, 1.807) is 12.4 Å². The van der Waals surface area contributed by atoms with Gasteiger partial charge in [0.25, 0.3) is 0 Å². The van der Waals surface area contributed by atoms with Crippen molar-refractivity contribution >= 4 is 23.1 Å². The zero-order valence-electron chi connectivity index (χ0n) is 9.30. The van der Waals surface area contributed by atoms with E-state index in [1.165, 1.54) is 16.5 Å². The Balaban J connectivity index is 1.98. The van der Waals surface area contributed by atoms with Crippen LogP contribution in [0.3, 0.4) is 0 Å². The molecule has 0 radical (unpaired) electrons. The summed E-state index contributed by atoms with van der Waals surface area (Å²) in [6, 6.07) is 12.3. The molecule has 0 aliphatic heterocycles. The van der Waals surface area contributed by atoms with Gasteiger partial charge in [0.1, 0.15) is 0 Å². The van der Waals surface area contributed by atoms with E-state index in [9.17, 15) is 0 Å². The second-order valence-electron chi connectivity index (χ2n) is 3.90. The average Bonchev–Trinajstić information content (AvgIpc) is 2.81. The van der Waals surface area contributed by atoms with Gasteiger partial charge in [-0.05, 0) is 29.3 Å². The Morgan fingerprint density at radius 1 is 0.941 bits per heavy atom. The molecular weight excluding hydrogens is 208 g/mol. The minimum Gasteiger partial charge on any atom is -0.361 e. The Morgan fingerprint density at radius 2 is 1.76 bits per heavy atom. The van der Waals surface area contributed by atoms with Gasteiger partial charge in [-0.1, -0.05) is 30.4 Å². The number of fused-ring (bicyclic) bond motifs is 1. The maximum atomic E-state index is 4.00. The highest BCUT2D eigenvalue weighted by molar-refractivity contribution is 5.91. The molecule has 0 saturated carbocycles. The number of nitrogens with one attached hydrogen (secondary N) is 1. The predicted octanol–water partition coefficient (Wildman–Crippen LogP) is 3.73. The molecular formula is C15H12N2. The quantitative estimate of drug-likeness (QED) is 0.700. The summed E-state index contributed by atoms with van der Waals surface area (Å²) in [6.45, 7) is 0. The first kappa shape index (κ1) is 9.85. The van der Waals surface area contributed by atoms with Crippen molar-refractivity contribution in [2.45, 2.75) is 0 Å². The van der Waals surface area contributed by atoms with Crippen LogP contribution in [-0.2, 0) is 0 Å². The van der Waals surface area contributed by atoms with Gasteiger partial charge in [0.15, 0.2) is 0 Å². The third-order valence-electron chi connectivity index (χ3n) is 2.78. The smallest absolute Gasteiger partial charge is 0.0460 e. The molecule has 0 unspecified atom stereocenters. The Labute approximate surface area is 99.6 Å². The summed E-state index contributed by atoms with van der Waals surface area (Å²) in [5, 5.41) is 1.25. The summed E-state index contributed by atoms with van der Waals surface area (Å²) in [6.07, 6.45) is 9.84. The first-order valence-corrected chi connectivity index (χ1v) is 5.58. The molecule has 1 aromatic carbocycles. The van der Waals surface area contributed by atoms with Crippen LogP contribution >= 0.6 is 0 Å². The van der Waals surface area contributed by atoms with Gasteiger partial charge in [-0.25, -0.2) is 0 Å². The van der Waals surface area contributed by atoms with Crippen LogP contribution in [0.2, 0.25) is 0 Å². The van der Waals surface area contributed by atoms with E-state index >= 15 is 0 Å². The molecule has 0 fully saturated rings. The number of hydrogen-bond donors (Lipinski definition) is 1. The highest BCUT2D eigenvalue weighted by atomic mass is 14.7. The highest BCUT2D eigenvalue weighted by Gasteiger charge is 1.98. The Morgan fingerprint density at radius 3 is 2.65 bits per heavy atom. The van der Waals surface area contributed by atoms with Crippen LogP contribution in [0.1, 0.15) is 11.1 Å². The lowest BCUT2D eigenvalue weighted by atomic mass is 10.1. The van der Waals surface area contributed by atoms with Gasteiger partial charge in [-0.2, -0.15) is 0 Å². The molecule has 2 aromatic heterocycles. The van der Waals surface area contributed by atoms with E-state index in [4.69, 9.17) is 0 Å². The topological polar surface area (TPSA) is 28.7 Å². The molecule has 2 heteroatoms. The first-order chi connectivity index (χ1) is 8.43. The first-order valence-electron chi connectivity index (χ1n) is 5.58. The van der Waals surface area contributed by atoms with Crippen molar-refractivity contribution in [3.8, 4) is 0 Å². The Hall–Kier alpha value is -2.35. The summed E-state index contributed by atoms with van der Waals surface area (Å²) in [4.78, 5) is 7.26. The summed E-state index contributed by atoms with van der Waals surface area (Å²) in [7, 11) is 0. The van der Waals surface area contributed by atoms with E-state index in [1.807, 2.05) is 24.4 Å². The molecule has 17 heavy (non-hydrogen) atoms. The minimum absolute atomic E-state index is 1.16. The maximum absolute atomic E-state index is 4.00. The number of rotatable bonds is 2. The van der Waals surface area contributed by atoms with Crippen LogP contribution in [0.15, 0.2) is 55.0 Å². The predicted molar refractivity (Wildman–Crippen MR) is 71.5 cm³/mol. The van der Waals surface area contributed by atoms with Crippen LogP contribution in [-0.4, -0.2) is 9.97 Å². The van der Waals surface area contributed by atoms with E-state index in [0.29, 0.717) is 0 Å². The van der Waals surface area contributed by atoms with Crippen molar-refractivity contribution in [1.29, 1.82) is 0 Å². The fourth-order valence-electron chi connectivity index (χ4n) is 1.89. The Kier molecular flexibility index (Phi) is 2.47. The third kappa shape index (κ3) is 1.97. The molecule has 0 saturated heterocycles. The summed E-state index contributed by atoms with van der Waals surface area (Å²) >= 11 is 0. The monoisotopic (exact) mass is 220 g/mol. The van der Waals surface area contributed by atoms with Crippen molar-refractivity contribution < 1.29 is 0 Å². The zero-order chi connectivity index (χ0) is 11.5. The van der Waals surface area contributed by atoms with E-state index in [0.717, 1.165) is 5.56 Å². The molecule has 0 amide bonds. The lowest BCUT2D eigenvalue weighted by Gasteiger charge is -1.92. The molecule has 0 aliphatic rings. The molecule has 3 aromatic rings. The van der Waals surface area contributed by atoms with Gasteiger partial charge in [0.05, 0.1) is 0 Å². The van der Waals surface area contributed by atoms with Crippen LogP contribution in [0.4, 0.5) is 0 Å². The number of pyridine rings is 1. The molecule has 1 N–H and O–H groups in total. The maximum Gasteiger partial charge on any atom is 0.0460 e. The fourth-order valence-corrected chi connectivity index (χ4v) is 1.89. The number of aromatic nitrogens is 2. The number of aromatic amines is 1. The highest BCUT2D eigenvalue weighted by Crippen LogP contribution is 2.19. The lowest BCUT2D eigenvalue weighted by molar-refractivity contribution is 1.32. The summed E-state index contributed by atoms with van der Waals surface area (Å²) < 4.78 is 0. The van der Waals surface area contributed by atoms with Crippen LogP contribution in [0, 0.1) is 0 Å². The number of para-hydroxylation sites is 1. The Bertz CT molecular complexity index is 651. The van der Waals surface area contributed by atoms with Gasteiger partial charge in [0, 0.05) is 29.5 Å². The van der Waals surface area contributed by atoms with Gasteiger partial charge < -0.3 is 4.98 Å². The van der Waals surface area contributed by atoms with Crippen molar-refractivity contribution in [1.82, 2.24) is 9.97 Å². The SMILES string of the molecule is C(=Cc1c[nH]c2ccccc12)c1ccncc1. The van der Waals surface area contributed by atoms with Gasteiger partial charge >= 0.3 is 0 Å². The molecule has 2 heterocycles. The number of nitrogens with zero attached hydrogens (tertiary/aromatic N) is 1. The number of H-pyrrole nitrogens is 1. The molecule has 2 nitrogen and oxygen atoms in total. The van der Waals surface area contributed by atoms with E-state index < -0.39 is 0 Å². The van der Waals surface area contributed by atoms with Gasteiger partial charge in [-0.3, -0.25) is 4.98 Å². The average molecular weight is 220 g/mol. The second kappa shape index (κ2) is 4.26. The molecule has 0 spiro atoms. The zero-order valence-corrected chi connectivity index (χ0v) is 9.30. The van der Waals surface area contributed by atoms with Crippen LogP contribution in [0.25, 0.3) is 23.1 Å². The third-order valence-corrected chi connectivity index (χ3v) is 2.78. The van der Waals surface area contributed by atoms with Crippen molar-refractivity contribution in [2.75, 3.05) is 0 Å². The fraction of sp³-hybridized carbons (Fsp3) is 0. The molecule has 3 rings (SSSR count). The summed E-state index contributed by atoms with van der Waals surface area (Å²) in [5.41, 5.74) is 3.53. The largest absolute Gasteiger partial charge is 0.361 e. The van der Waals surface area contributed by atoms with E-state index in [2.05, 4.69) is 40.3 Å². The lowest BCUT2D eigenvalue weighted by Crippen LogP contribution is -1.72. The second-order valence-corrected chi connectivity index (χ2v) is 3.90. The van der Waals surface area contributed by atoms with E-state index in [-0.39, 0.29) is 0 Å². The number of hydrogen-bond acceptors (Lipinski definition) is 1. The van der Waals surface area contributed by atoms with Gasteiger partial charge in [-0.15, -0.1) is 0 Å². The van der Waals surface area contributed by atoms with Crippen LogP contribution < -0.4 is 0 Å². The van der Waals surface area contributed by atoms with Crippen molar-refractivity contribution in [3.63, 3.8) is 0 Å². The summed E-state index contributed by atoms with van der Waals surface area (Å²) in [5.74, 6) is 0. The normalized spacial score (nSPS) is 11.3. The minimum atomic E-state index is 1.16. The van der Waals surface area contributed by atoms with Gasteiger partial charge in [0.2, 0.25) is 0 Å². The van der Waals surface area contributed by atoms with Crippen molar-refractivity contribution in [2.24, 2.45) is 0 Å². The number of benzene rings is 1. The molecule has 82 valence electrons. The molecule has 0 bridgehead atoms. The standard InChI is InChI=1S/C15H12N2/c1-2-4-15-14(3-1)13(11-17-15)6-5-12-7-9-16-10-8-12/h1-11,17H.